The maximum Gasteiger partial charge on any atom is 0.282 e. The lowest BCUT2D eigenvalue weighted by Crippen LogP contribution is -2.44. The summed E-state index contributed by atoms with van der Waals surface area (Å²) in [6.07, 6.45) is 0. The van der Waals surface area contributed by atoms with Gasteiger partial charge in [0.25, 0.3) is 5.91 Å². The van der Waals surface area contributed by atoms with E-state index in [4.69, 9.17) is 0 Å². The number of amides is 2. The molecule has 1 aromatic heterocycles. The fourth-order valence-electron chi connectivity index (χ4n) is 1.19. The lowest BCUT2D eigenvalue weighted by molar-refractivity contribution is -0.122. The molecule has 0 saturated heterocycles. The minimum Gasteiger partial charge on any atom is -0.360 e. The molecule has 0 spiro atoms. The number of carbonyl (C=O) groups excluding carboxylic acids is 2. The Bertz CT molecular complexity index is 420. The Balaban J connectivity index is 2.56. The second-order valence-electron chi connectivity index (χ2n) is 3.53. The van der Waals surface area contributed by atoms with Gasteiger partial charge in [-0.25, -0.2) is 0 Å². The zero-order valence-corrected chi connectivity index (χ0v) is 11.4. The van der Waals surface area contributed by atoms with Gasteiger partial charge in [0.2, 0.25) is 16.0 Å². The number of nitrogens with zero attached hydrogens (tertiary/aromatic N) is 2. The Morgan fingerprint density at radius 2 is 2.00 bits per heavy atom. The summed E-state index contributed by atoms with van der Waals surface area (Å²) >= 11 is 1.16. The highest BCUT2D eigenvalue weighted by Crippen LogP contribution is 2.14. The van der Waals surface area contributed by atoms with Crippen LogP contribution in [-0.2, 0) is 4.79 Å². The van der Waals surface area contributed by atoms with Crippen molar-refractivity contribution in [1.29, 1.82) is 0 Å². The Morgan fingerprint density at radius 3 is 2.61 bits per heavy atom. The second-order valence-corrected chi connectivity index (χ2v) is 4.51. The summed E-state index contributed by atoms with van der Waals surface area (Å²) in [4.78, 5) is 23.2. The van der Waals surface area contributed by atoms with Crippen LogP contribution in [0.1, 0.15) is 30.6 Å². The van der Waals surface area contributed by atoms with Crippen LogP contribution >= 0.6 is 11.3 Å². The fraction of sp³-hybridized carbons (Fsp3) is 0.600. The van der Waals surface area contributed by atoms with Crippen molar-refractivity contribution < 1.29 is 9.59 Å². The maximum absolute atomic E-state index is 11.8. The Morgan fingerprint density at radius 1 is 1.28 bits per heavy atom. The van der Waals surface area contributed by atoms with Crippen molar-refractivity contribution in [2.75, 3.05) is 18.4 Å². The van der Waals surface area contributed by atoms with Gasteiger partial charge in [0.05, 0.1) is 0 Å². The first-order valence-corrected chi connectivity index (χ1v) is 6.56. The molecular formula is C10H17N5O2S. The van der Waals surface area contributed by atoms with Gasteiger partial charge < -0.3 is 16.0 Å². The number of rotatable bonds is 6. The Labute approximate surface area is 109 Å². The summed E-state index contributed by atoms with van der Waals surface area (Å²) in [5.74, 6) is -0.613. The van der Waals surface area contributed by atoms with Crippen molar-refractivity contribution in [2.45, 2.75) is 26.8 Å². The topological polar surface area (TPSA) is 96.0 Å². The zero-order valence-electron chi connectivity index (χ0n) is 10.6. The molecule has 0 bridgehead atoms. The zero-order chi connectivity index (χ0) is 13.5. The third-order valence-electron chi connectivity index (χ3n) is 2.04. The van der Waals surface area contributed by atoms with Crippen LogP contribution in [-0.4, -0.2) is 41.1 Å². The van der Waals surface area contributed by atoms with Gasteiger partial charge in [0.1, 0.15) is 6.04 Å². The molecule has 0 fully saturated rings. The largest absolute Gasteiger partial charge is 0.360 e. The molecule has 0 aliphatic rings. The maximum atomic E-state index is 11.8. The molecule has 18 heavy (non-hydrogen) atoms. The highest BCUT2D eigenvalue weighted by Gasteiger charge is 2.18. The van der Waals surface area contributed by atoms with Gasteiger partial charge in [0.15, 0.2) is 0 Å². The van der Waals surface area contributed by atoms with Gasteiger partial charge >= 0.3 is 0 Å². The van der Waals surface area contributed by atoms with E-state index in [-0.39, 0.29) is 10.9 Å². The number of hydrogen-bond donors (Lipinski definition) is 3. The predicted octanol–water partition coefficient (Wildman–Crippen LogP) is 0.224. The van der Waals surface area contributed by atoms with Gasteiger partial charge in [-0.3, -0.25) is 9.59 Å². The van der Waals surface area contributed by atoms with Gasteiger partial charge in [-0.05, 0) is 20.8 Å². The van der Waals surface area contributed by atoms with E-state index in [2.05, 4.69) is 26.1 Å². The quantitative estimate of drug-likeness (QED) is 0.688. The molecule has 1 atom stereocenters. The number of hydrogen-bond acceptors (Lipinski definition) is 6. The Kier molecular flexibility index (Phi) is 5.50. The molecule has 0 aromatic carbocycles. The number of nitrogens with one attached hydrogen (secondary N) is 3. The molecule has 2 amide bonds. The van der Waals surface area contributed by atoms with Crippen molar-refractivity contribution in [3.8, 4) is 0 Å². The molecule has 1 aromatic rings. The van der Waals surface area contributed by atoms with Crippen molar-refractivity contribution in [3.05, 3.63) is 5.01 Å². The van der Waals surface area contributed by atoms with Gasteiger partial charge in [-0.1, -0.05) is 11.3 Å². The Hall–Kier alpha value is -1.70. The molecule has 0 aliphatic heterocycles. The van der Waals surface area contributed by atoms with E-state index in [1.165, 1.54) is 0 Å². The third kappa shape index (κ3) is 3.95. The molecule has 3 N–H and O–H groups in total. The smallest absolute Gasteiger partial charge is 0.282 e. The van der Waals surface area contributed by atoms with E-state index >= 15 is 0 Å². The van der Waals surface area contributed by atoms with Crippen LogP contribution in [0.25, 0.3) is 0 Å². The third-order valence-corrected chi connectivity index (χ3v) is 2.92. The lowest BCUT2D eigenvalue weighted by Gasteiger charge is -2.11. The van der Waals surface area contributed by atoms with Crippen LogP contribution in [0.2, 0.25) is 0 Å². The molecule has 0 aliphatic carbocycles. The molecule has 0 saturated carbocycles. The summed E-state index contributed by atoms with van der Waals surface area (Å²) < 4.78 is 0. The van der Waals surface area contributed by atoms with E-state index in [1.54, 1.807) is 6.92 Å². The first-order chi connectivity index (χ1) is 8.58. The summed E-state index contributed by atoms with van der Waals surface area (Å²) in [6, 6.07) is -0.594. The van der Waals surface area contributed by atoms with Crippen molar-refractivity contribution in [2.24, 2.45) is 0 Å². The molecule has 8 heteroatoms. The van der Waals surface area contributed by atoms with Crippen molar-refractivity contribution in [3.63, 3.8) is 0 Å². The molecule has 100 valence electrons. The molecule has 1 heterocycles. The monoisotopic (exact) mass is 271 g/mol. The molecule has 0 radical (unpaired) electrons. The number of anilines is 1. The average molecular weight is 271 g/mol. The van der Waals surface area contributed by atoms with Gasteiger partial charge in [0, 0.05) is 13.1 Å². The van der Waals surface area contributed by atoms with E-state index in [0.29, 0.717) is 18.2 Å². The van der Waals surface area contributed by atoms with Gasteiger partial charge in [-0.15, -0.1) is 10.2 Å². The predicted molar refractivity (Wildman–Crippen MR) is 69.7 cm³/mol. The fourth-order valence-corrected chi connectivity index (χ4v) is 1.90. The van der Waals surface area contributed by atoms with E-state index in [1.807, 2.05) is 13.8 Å². The SMILES string of the molecule is CCNC(=O)C(C)NC(=O)c1nnc(NCC)s1. The van der Waals surface area contributed by atoms with Crippen LogP contribution in [0.5, 0.6) is 0 Å². The van der Waals surface area contributed by atoms with E-state index < -0.39 is 11.9 Å². The van der Waals surface area contributed by atoms with Crippen molar-refractivity contribution in [1.82, 2.24) is 20.8 Å². The minimum absolute atomic E-state index is 0.220. The minimum atomic E-state index is -0.594. The number of aromatic nitrogens is 2. The van der Waals surface area contributed by atoms with Crippen LogP contribution in [0, 0.1) is 0 Å². The number of carbonyl (C=O) groups is 2. The van der Waals surface area contributed by atoms with Crippen molar-refractivity contribution >= 4 is 28.3 Å². The normalized spacial score (nSPS) is 11.7. The summed E-state index contributed by atoms with van der Waals surface area (Å²) in [7, 11) is 0. The number of likely N-dealkylation sites (N-methyl/N-ethyl adjacent to an activating group) is 1. The average Bonchev–Trinajstić information content (AvgIpc) is 2.78. The summed E-state index contributed by atoms with van der Waals surface area (Å²) in [5, 5.41) is 16.6. The molecular weight excluding hydrogens is 254 g/mol. The standard InChI is InChI=1S/C10H17N5O2S/c1-4-11-7(16)6(3)13-8(17)9-14-15-10(18-9)12-5-2/h6H,4-5H2,1-3H3,(H,11,16)(H,12,15)(H,13,17). The van der Waals surface area contributed by atoms with E-state index in [9.17, 15) is 9.59 Å². The summed E-state index contributed by atoms with van der Waals surface area (Å²) in [6.45, 7) is 6.61. The van der Waals surface area contributed by atoms with Crippen LogP contribution in [0.3, 0.4) is 0 Å². The second kappa shape index (κ2) is 6.90. The first kappa shape index (κ1) is 14.4. The highest BCUT2D eigenvalue weighted by atomic mass is 32.1. The highest BCUT2D eigenvalue weighted by molar-refractivity contribution is 7.17. The van der Waals surface area contributed by atoms with Crippen LogP contribution in [0.15, 0.2) is 0 Å². The van der Waals surface area contributed by atoms with Crippen LogP contribution < -0.4 is 16.0 Å². The molecule has 1 unspecified atom stereocenters. The lowest BCUT2D eigenvalue weighted by atomic mass is 10.3. The van der Waals surface area contributed by atoms with Crippen LogP contribution in [0.4, 0.5) is 5.13 Å². The molecule has 1 rings (SSSR count). The summed E-state index contributed by atoms with van der Waals surface area (Å²) in [5.41, 5.74) is 0. The molecule has 7 nitrogen and oxygen atoms in total. The first-order valence-electron chi connectivity index (χ1n) is 5.74. The van der Waals surface area contributed by atoms with E-state index in [0.717, 1.165) is 11.3 Å². The van der Waals surface area contributed by atoms with Gasteiger partial charge in [-0.2, -0.15) is 0 Å².